The monoisotopic (exact) mass is 271 g/mol. The molecule has 1 atom stereocenters. The number of anilines is 1. The molecule has 0 aliphatic carbocycles. The number of carboxylic acids is 1. The molecule has 17 heavy (non-hydrogen) atoms. The van der Waals surface area contributed by atoms with Gasteiger partial charge in [0.2, 0.25) is 5.76 Å². The van der Waals surface area contributed by atoms with E-state index in [-0.39, 0.29) is 11.8 Å². The highest BCUT2D eigenvalue weighted by Crippen LogP contribution is 2.29. The van der Waals surface area contributed by atoms with Crippen molar-refractivity contribution in [2.75, 3.05) is 5.32 Å². The van der Waals surface area contributed by atoms with Crippen molar-refractivity contribution in [1.82, 2.24) is 0 Å². The van der Waals surface area contributed by atoms with E-state index in [1.807, 2.05) is 19.1 Å². The Kier molecular flexibility index (Phi) is 3.40. The van der Waals surface area contributed by atoms with E-state index in [0.29, 0.717) is 5.88 Å². The number of carboxylic acid groups (broad SMARTS) is 1. The van der Waals surface area contributed by atoms with Gasteiger partial charge in [0, 0.05) is 10.9 Å². The average Bonchev–Trinajstić information content (AvgIpc) is 2.86. The molecule has 0 saturated heterocycles. The topological polar surface area (TPSA) is 62.5 Å². The van der Waals surface area contributed by atoms with Crippen LogP contribution in [0.2, 0.25) is 4.34 Å². The number of aromatic carboxylic acids is 1. The van der Waals surface area contributed by atoms with Gasteiger partial charge in [-0.2, -0.15) is 0 Å². The first kappa shape index (κ1) is 12.0. The number of furan rings is 1. The number of thiophene rings is 1. The van der Waals surface area contributed by atoms with Gasteiger partial charge in [0.1, 0.15) is 0 Å². The minimum atomic E-state index is -1.08. The van der Waals surface area contributed by atoms with E-state index < -0.39 is 5.97 Å². The molecule has 0 aliphatic heterocycles. The number of nitrogens with one attached hydrogen (secondary N) is 1. The molecule has 6 heteroatoms. The fraction of sp³-hybridized carbons (Fsp3) is 0.182. The normalized spacial score (nSPS) is 12.4. The molecule has 4 nitrogen and oxygen atoms in total. The lowest BCUT2D eigenvalue weighted by Crippen LogP contribution is -2.03. The summed E-state index contributed by atoms with van der Waals surface area (Å²) in [6.45, 7) is 1.95. The molecule has 2 N–H and O–H groups in total. The van der Waals surface area contributed by atoms with Gasteiger partial charge in [0.25, 0.3) is 0 Å². The maximum atomic E-state index is 10.6. The zero-order chi connectivity index (χ0) is 12.4. The summed E-state index contributed by atoms with van der Waals surface area (Å²) in [7, 11) is 0. The van der Waals surface area contributed by atoms with Crippen molar-refractivity contribution in [2.45, 2.75) is 13.0 Å². The first-order valence-electron chi connectivity index (χ1n) is 4.91. The number of hydrogen-bond acceptors (Lipinski definition) is 4. The Morgan fingerprint density at radius 1 is 1.47 bits per heavy atom. The maximum Gasteiger partial charge on any atom is 0.371 e. The van der Waals surface area contributed by atoms with E-state index >= 15 is 0 Å². The molecule has 2 heterocycles. The molecule has 0 saturated carbocycles. The molecule has 90 valence electrons. The van der Waals surface area contributed by atoms with Gasteiger partial charge in [-0.25, -0.2) is 4.79 Å². The molecule has 0 aliphatic rings. The third-order valence-electron chi connectivity index (χ3n) is 2.20. The lowest BCUT2D eigenvalue weighted by atomic mass is 10.3. The Morgan fingerprint density at radius 3 is 2.76 bits per heavy atom. The van der Waals surface area contributed by atoms with E-state index in [4.69, 9.17) is 21.1 Å². The minimum absolute atomic E-state index is 0.0142. The SMILES string of the molecule is CC(Nc1ccc(C(=O)O)o1)c1ccc(Cl)s1. The number of carbonyl (C=O) groups is 1. The predicted molar refractivity (Wildman–Crippen MR) is 67.0 cm³/mol. The second-order valence-corrected chi connectivity index (χ2v) is 5.22. The molecule has 0 fully saturated rings. The first-order valence-corrected chi connectivity index (χ1v) is 6.10. The molecule has 0 bridgehead atoms. The summed E-state index contributed by atoms with van der Waals surface area (Å²) in [6, 6.07) is 6.77. The summed E-state index contributed by atoms with van der Waals surface area (Å²) < 4.78 is 5.83. The van der Waals surface area contributed by atoms with E-state index in [1.165, 1.54) is 17.4 Å². The minimum Gasteiger partial charge on any atom is -0.475 e. The van der Waals surface area contributed by atoms with Crippen molar-refractivity contribution in [3.63, 3.8) is 0 Å². The van der Waals surface area contributed by atoms with Crippen LogP contribution in [0.4, 0.5) is 5.88 Å². The average molecular weight is 272 g/mol. The van der Waals surface area contributed by atoms with Crippen LogP contribution in [0, 0.1) is 0 Å². The van der Waals surface area contributed by atoms with E-state index in [1.54, 1.807) is 6.07 Å². The van der Waals surface area contributed by atoms with Crippen LogP contribution >= 0.6 is 22.9 Å². The van der Waals surface area contributed by atoms with E-state index in [2.05, 4.69) is 5.32 Å². The van der Waals surface area contributed by atoms with Crippen LogP contribution in [0.5, 0.6) is 0 Å². The van der Waals surface area contributed by atoms with E-state index in [9.17, 15) is 4.79 Å². The Hall–Kier alpha value is -1.46. The van der Waals surface area contributed by atoms with Crippen LogP contribution < -0.4 is 5.32 Å². The summed E-state index contributed by atoms with van der Waals surface area (Å²) in [5.74, 6) is -0.729. The summed E-state index contributed by atoms with van der Waals surface area (Å²) >= 11 is 7.32. The smallest absolute Gasteiger partial charge is 0.371 e. The summed E-state index contributed by atoms with van der Waals surface area (Å²) in [6.07, 6.45) is 0. The quantitative estimate of drug-likeness (QED) is 0.886. The molecule has 0 spiro atoms. The largest absolute Gasteiger partial charge is 0.475 e. The van der Waals surface area contributed by atoms with Crippen LogP contribution in [-0.4, -0.2) is 11.1 Å². The van der Waals surface area contributed by atoms with Crippen molar-refractivity contribution in [3.05, 3.63) is 39.2 Å². The molecular formula is C11H10ClNO3S. The van der Waals surface area contributed by atoms with Crippen molar-refractivity contribution in [3.8, 4) is 0 Å². The Morgan fingerprint density at radius 2 is 2.24 bits per heavy atom. The van der Waals surface area contributed by atoms with Crippen LogP contribution in [0.25, 0.3) is 0 Å². The zero-order valence-corrected chi connectivity index (χ0v) is 10.5. The fourth-order valence-electron chi connectivity index (χ4n) is 1.38. The van der Waals surface area contributed by atoms with Crippen molar-refractivity contribution in [1.29, 1.82) is 0 Å². The molecule has 1 unspecified atom stereocenters. The third-order valence-corrected chi connectivity index (χ3v) is 3.61. The second-order valence-electron chi connectivity index (χ2n) is 3.48. The van der Waals surface area contributed by atoms with Crippen molar-refractivity contribution in [2.24, 2.45) is 0 Å². The molecule has 0 radical (unpaired) electrons. The van der Waals surface area contributed by atoms with Gasteiger partial charge in [0.05, 0.1) is 10.4 Å². The summed E-state index contributed by atoms with van der Waals surface area (Å²) in [5, 5.41) is 11.8. The van der Waals surface area contributed by atoms with Gasteiger partial charge in [0.15, 0.2) is 5.88 Å². The van der Waals surface area contributed by atoms with Gasteiger partial charge in [-0.05, 0) is 25.1 Å². The van der Waals surface area contributed by atoms with Crippen molar-refractivity contribution < 1.29 is 14.3 Å². The van der Waals surface area contributed by atoms with Crippen molar-refractivity contribution >= 4 is 34.8 Å². The molecule has 0 amide bonds. The maximum absolute atomic E-state index is 10.6. The second kappa shape index (κ2) is 4.81. The van der Waals surface area contributed by atoms with Gasteiger partial charge in [-0.15, -0.1) is 11.3 Å². The molecule has 2 rings (SSSR count). The van der Waals surface area contributed by atoms with Crippen LogP contribution in [-0.2, 0) is 0 Å². The fourth-order valence-corrected chi connectivity index (χ4v) is 2.44. The lowest BCUT2D eigenvalue weighted by Gasteiger charge is -2.10. The van der Waals surface area contributed by atoms with Gasteiger partial charge in [-0.1, -0.05) is 11.6 Å². The van der Waals surface area contributed by atoms with Crippen LogP contribution in [0.3, 0.4) is 0 Å². The lowest BCUT2D eigenvalue weighted by molar-refractivity contribution is 0.0663. The number of hydrogen-bond donors (Lipinski definition) is 2. The predicted octanol–water partition coefficient (Wildman–Crippen LogP) is 3.87. The van der Waals surface area contributed by atoms with Gasteiger partial charge < -0.3 is 14.8 Å². The molecule has 0 aromatic carbocycles. The highest BCUT2D eigenvalue weighted by molar-refractivity contribution is 7.16. The van der Waals surface area contributed by atoms with Gasteiger partial charge >= 0.3 is 5.97 Å². The highest BCUT2D eigenvalue weighted by atomic mass is 35.5. The number of rotatable bonds is 4. The Bertz CT molecular complexity index is 534. The first-order chi connectivity index (χ1) is 8.06. The van der Waals surface area contributed by atoms with E-state index in [0.717, 1.165) is 9.21 Å². The standard InChI is InChI=1S/C11H10ClNO3S/c1-6(8-3-4-9(12)17-8)13-10-5-2-7(16-10)11(14)15/h2-6,13H,1H3,(H,14,15). The summed E-state index contributed by atoms with van der Waals surface area (Å²) in [5.41, 5.74) is 0. The third kappa shape index (κ3) is 2.81. The van der Waals surface area contributed by atoms with Crippen LogP contribution in [0.1, 0.15) is 28.4 Å². The molecular weight excluding hydrogens is 262 g/mol. The Balaban J connectivity index is 2.07. The molecule has 2 aromatic rings. The van der Waals surface area contributed by atoms with Crippen LogP contribution in [0.15, 0.2) is 28.7 Å². The van der Waals surface area contributed by atoms with Gasteiger partial charge in [-0.3, -0.25) is 0 Å². The Labute approximate surface area is 107 Å². The number of halogens is 1. The summed E-state index contributed by atoms with van der Waals surface area (Å²) in [4.78, 5) is 11.7. The zero-order valence-electron chi connectivity index (χ0n) is 8.94. The highest BCUT2D eigenvalue weighted by Gasteiger charge is 2.12. The molecule has 2 aromatic heterocycles.